The Morgan fingerprint density at radius 1 is 1.06 bits per heavy atom. The average molecular weight is 508 g/mol. The van der Waals surface area contributed by atoms with Gasteiger partial charge in [0.1, 0.15) is 11.4 Å². The number of methoxy groups -OCH3 is 2. The Morgan fingerprint density at radius 3 is 2.44 bits per heavy atom. The number of fused-ring (bicyclic) bond motifs is 1. The first-order chi connectivity index (χ1) is 17.3. The van der Waals surface area contributed by atoms with E-state index in [1.807, 2.05) is 11.4 Å². The third kappa shape index (κ3) is 5.23. The first-order valence-electron chi connectivity index (χ1n) is 11.1. The van der Waals surface area contributed by atoms with Crippen molar-refractivity contribution in [1.82, 2.24) is 9.55 Å². The van der Waals surface area contributed by atoms with Gasteiger partial charge in [0.2, 0.25) is 5.91 Å². The fraction of sp³-hybridized carbons (Fsp3) is 0.231. The quantitative estimate of drug-likeness (QED) is 0.353. The van der Waals surface area contributed by atoms with Crippen LogP contribution in [-0.2, 0) is 16.1 Å². The minimum absolute atomic E-state index is 0.222. The summed E-state index contributed by atoms with van der Waals surface area (Å²) < 4.78 is 17.1. The third-order valence-electron chi connectivity index (χ3n) is 5.32. The lowest BCUT2D eigenvalue weighted by atomic mass is 10.1. The average Bonchev–Trinajstić information content (AvgIpc) is 3.30. The van der Waals surface area contributed by atoms with Crippen LogP contribution in [0, 0.1) is 0 Å². The van der Waals surface area contributed by atoms with Crippen LogP contribution in [-0.4, -0.2) is 41.8 Å². The Bertz CT molecular complexity index is 1470. The van der Waals surface area contributed by atoms with E-state index < -0.39 is 11.9 Å². The fourth-order valence-corrected chi connectivity index (χ4v) is 4.53. The van der Waals surface area contributed by atoms with Crippen molar-refractivity contribution in [2.24, 2.45) is 0 Å². The van der Waals surface area contributed by atoms with E-state index in [-0.39, 0.29) is 18.2 Å². The zero-order chi connectivity index (χ0) is 25.8. The first kappa shape index (κ1) is 24.9. The zero-order valence-electron chi connectivity index (χ0n) is 20.2. The Morgan fingerprint density at radius 2 is 1.78 bits per heavy atom. The van der Waals surface area contributed by atoms with E-state index in [4.69, 9.17) is 14.2 Å². The molecule has 1 amide bonds. The Hall–Kier alpha value is -4.18. The molecule has 1 N–H and O–H groups in total. The maximum atomic E-state index is 13.3. The second-order valence-corrected chi connectivity index (χ2v) is 9.01. The number of hydrogen-bond acceptors (Lipinski definition) is 8. The van der Waals surface area contributed by atoms with Gasteiger partial charge in [0.25, 0.3) is 5.56 Å². The summed E-state index contributed by atoms with van der Waals surface area (Å²) in [4.78, 5) is 42.9. The van der Waals surface area contributed by atoms with Crippen molar-refractivity contribution in [3.63, 3.8) is 0 Å². The van der Waals surface area contributed by atoms with Gasteiger partial charge < -0.3 is 19.5 Å². The summed E-state index contributed by atoms with van der Waals surface area (Å²) in [6.07, 6.45) is 1.14. The monoisotopic (exact) mass is 507 g/mol. The number of aromatic nitrogens is 2. The molecule has 0 radical (unpaired) electrons. The first-order valence-corrected chi connectivity index (χ1v) is 12.0. The van der Waals surface area contributed by atoms with Crippen LogP contribution in [0.4, 0.5) is 5.69 Å². The number of carbonyl (C=O) groups excluding carboxylic acids is 2. The molecular weight excluding hydrogens is 482 g/mol. The van der Waals surface area contributed by atoms with E-state index in [9.17, 15) is 14.4 Å². The van der Waals surface area contributed by atoms with Crippen molar-refractivity contribution >= 4 is 39.1 Å². The number of benzene rings is 2. The van der Waals surface area contributed by atoms with E-state index in [2.05, 4.69) is 10.3 Å². The van der Waals surface area contributed by atoms with Crippen LogP contribution in [0.15, 0.2) is 59.0 Å². The lowest BCUT2D eigenvalue weighted by molar-refractivity contribution is -0.116. The number of nitrogens with one attached hydrogen (secondary N) is 1. The van der Waals surface area contributed by atoms with Crippen LogP contribution in [0.5, 0.6) is 11.5 Å². The summed E-state index contributed by atoms with van der Waals surface area (Å²) >= 11 is 1.35. The molecule has 2 aromatic heterocycles. The van der Waals surface area contributed by atoms with Gasteiger partial charge in [-0.1, -0.05) is 6.07 Å². The van der Waals surface area contributed by atoms with Crippen molar-refractivity contribution in [3.05, 3.63) is 70.1 Å². The van der Waals surface area contributed by atoms with Crippen molar-refractivity contribution in [3.8, 4) is 22.6 Å². The number of carbonyl (C=O) groups is 2. The minimum atomic E-state index is -0.435. The second kappa shape index (κ2) is 10.6. The van der Waals surface area contributed by atoms with Crippen LogP contribution in [0.25, 0.3) is 21.3 Å². The molecule has 186 valence electrons. The molecule has 2 aromatic carbocycles. The number of amides is 1. The molecule has 0 aliphatic rings. The van der Waals surface area contributed by atoms with Crippen LogP contribution in [0.3, 0.4) is 0 Å². The number of ether oxygens (including phenoxy) is 3. The minimum Gasteiger partial charge on any atom is -0.493 e. The van der Waals surface area contributed by atoms with Gasteiger partial charge in [-0.2, -0.15) is 0 Å². The highest BCUT2D eigenvalue weighted by molar-refractivity contribution is 7.17. The molecule has 9 nitrogen and oxygen atoms in total. The summed E-state index contributed by atoms with van der Waals surface area (Å²) in [7, 11) is 3.10. The highest BCUT2D eigenvalue weighted by atomic mass is 32.1. The largest absolute Gasteiger partial charge is 0.493 e. The number of nitrogens with zero attached hydrogens (tertiary/aromatic N) is 2. The summed E-state index contributed by atoms with van der Waals surface area (Å²) in [5, 5.41) is 5.02. The van der Waals surface area contributed by atoms with Gasteiger partial charge in [-0.25, -0.2) is 9.78 Å². The lowest BCUT2D eigenvalue weighted by Gasteiger charge is -2.10. The molecular formula is C26H25N3O6S. The lowest BCUT2D eigenvalue weighted by Crippen LogP contribution is -2.27. The molecule has 0 bridgehead atoms. The van der Waals surface area contributed by atoms with E-state index in [1.165, 1.54) is 22.2 Å². The molecule has 0 saturated carbocycles. The van der Waals surface area contributed by atoms with E-state index >= 15 is 0 Å². The van der Waals surface area contributed by atoms with E-state index in [1.54, 1.807) is 64.5 Å². The molecule has 10 heteroatoms. The summed E-state index contributed by atoms with van der Waals surface area (Å²) in [5.74, 6) is 0.285. The number of anilines is 1. The van der Waals surface area contributed by atoms with Gasteiger partial charge in [0, 0.05) is 16.6 Å². The van der Waals surface area contributed by atoms with Crippen LogP contribution >= 0.6 is 11.3 Å². The highest BCUT2D eigenvalue weighted by Crippen LogP contribution is 2.36. The maximum absolute atomic E-state index is 13.3. The van der Waals surface area contributed by atoms with Crippen LogP contribution < -0.4 is 20.3 Å². The smallest absolute Gasteiger partial charge is 0.338 e. The Labute approximate surface area is 211 Å². The molecule has 0 unspecified atom stereocenters. The van der Waals surface area contributed by atoms with Gasteiger partial charge in [0.05, 0.1) is 37.6 Å². The van der Waals surface area contributed by atoms with Crippen molar-refractivity contribution in [1.29, 1.82) is 0 Å². The maximum Gasteiger partial charge on any atom is 0.338 e. The zero-order valence-corrected chi connectivity index (χ0v) is 21.0. The van der Waals surface area contributed by atoms with Crippen molar-refractivity contribution in [2.75, 3.05) is 19.5 Å². The molecule has 0 aliphatic heterocycles. The van der Waals surface area contributed by atoms with Crippen molar-refractivity contribution < 1.29 is 23.8 Å². The van der Waals surface area contributed by atoms with E-state index in [0.717, 1.165) is 5.56 Å². The molecule has 4 rings (SSSR count). The predicted octanol–water partition coefficient (Wildman–Crippen LogP) is 4.35. The molecule has 36 heavy (non-hydrogen) atoms. The molecule has 0 fully saturated rings. The molecule has 2 heterocycles. The van der Waals surface area contributed by atoms with Gasteiger partial charge in [-0.05, 0) is 55.8 Å². The van der Waals surface area contributed by atoms with Gasteiger partial charge in [-0.3, -0.25) is 14.2 Å². The standard InChI is InChI=1S/C26H25N3O6S/c1-15(2)35-26(32)16-5-8-18(9-6-16)28-22(30)12-29-14-27-24-23(25(29)31)19(13-36-24)17-7-10-20(33-3)21(11-17)34-4/h5-11,13-15H,12H2,1-4H3,(H,28,30). The van der Waals surface area contributed by atoms with Gasteiger partial charge >= 0.3 is 5.97 Å². The molecule has 0 spiro atoms. The van der Waals surface area contributed by atoms with Crippen LogP contribution in [0.1, 0.15) is 24.2 Å². The SMILES string of the molecule is COc1ccc(-c2csc3ncn(CC(=O)Nc4ccc(C(=O)OC(C)C)cc4)c(=O)c23)cc1OC. The topological polar surface area (TPSA) is 109 Å². The normalized spacial score (nSPS) is 10.9. The predicted molar refractivity (Wildman–Crippen MR) is 138 cm³/mol. The van der Waals surface area contributed by atoms with Crippen LogP contribution in [0.2, 0.25) is 0 Å². The summed E-state index contributed by atoms with van der Waals surface area (Å²) in [6.45, 7) is 3.32. The Balaban J connectivity index is 1.55. The molecule has 0 aliphatic carbocycles. The Kier molecular flexibility index (Phi) is 7.35. The fourth-order valence-electron chi connectivity index (χ4n) is 3.62. The molecule has 0 saturated heterocycles. The van der Waals surface area contributed by atoms with Gasteiger partial charge in [-0.15, -0.1) is 11.3 Å². The number of esters is 1. The number of hydrogen-bond donors (Lipinski definition) is 1. The third-order valence-corrected chi connectivity index (χ3v) is 6.20. The summed E-state index contributed by atoms with van der Waals surface area (Å²) in [6, 6.07) is 11.8. The van der Waals surface area contributed by atoms with E-state index in [0.29, 0.717) is 38.5 Å². The number of rotatable bonds is 8. The highest BCUT2D eigenvalue weighted by Gasteiger charge is 2.17. The molecule has 4 aromatic rings. The number of thiophene rings is 1. The second-order valence-electron chi connectivity index (χ2n) is 8.16. The van der Waals surface area contributed by atoms with Gasteiger partial charge in [0.15, 0.2) is 11.5 Å². The van der Waals surface area contributed by atoms with Crippen molar-refractivity contribution in [2.45, 2.75) is 26.5 Å². The molecule has 0 atom stereocenters. The summed E-state index contributed by atoms with van der Waals surface area (Å²) in [5.41, 5.74) is 2.02.